The second-order valence-electron chi connectivity index (χ2n) is 6.05. The van der Waals surface area contributed by atoms with Crippen molar-refractivity contribution in [2.45, 2.75) is 6.54 Å². The Hall–Kier alpha value is -3.48. The number of hydrogen-bond acceptors (Lipinski definition) is 6. The number of hydrogen-bond donors (Lipinski definition) is 0. The molecule has 0 aliphatic rings. The summed E-state index contributed by atoms with van der Waals surface area (Å²) in [6.45, 7) is -0.00841. The molecule has 2 aromatic rings. The van der Waals surface area contributed by atoms with Crippen molar-refractivity contribution < 1.29 is 28.5 Å². The van der Waals surface area contributed by atoms with E-state index in [2.05, 4.69) is 0 Å². The summed E-state index contributed by atoms with van der Waals surface area (Å²) in [6.07, 6.45) is 3.10. The third-order valence-electron chi connectivity index (χ3n) is 4.25. The molecule has 0 fully saturated rings. The zero-order valence-corrected chi connectivity index (χ0v) is 17.0. The summed E-state index contributed by atoms with van der Waals surface area (Å²) in [6, 6.07) is 12.6. The van der Waals surface area contributed by atoms with E-state index in [9.17, 15) is 9.59 Å². The number of carbonyl (C=O) groups excluding carboxylic acids is 2. The Labute approximate surface area is 170 Å². The number of methoxy groups -OCH3 is 4. The van der Waals surface area contributed by atoms with Gasteiger partial charge >= 0.3 is 5.97 Å². The van der Waals surface area contributed by atoms with Crippen molar-refractivity contribution in [3.05, 3.63) is 59.7 Å². The highest BCUT2D eigenvalue weighted by Crippen LogP contribution is 2.26. The fraction of sp³-hybridized carbons (Fsp3) is 0.273. The van der Waals surface area contributed by atoms with Gasteiger partial charge in [0.05, 0.1) is 35.0 Å². The van der Waals surface area contributed by atoms with Crippen LogP contribution in [0, 0.1) is 0 Å². The van der Waals surface area contributed by atoms with Gasteiger partial charge in [-0.15, -0.1) is 0 Å². The first-order valence-electron chi connectivity index (χ1n) is 8.89. The fourth-order valence-electron chi connectivity index (χ4n) is 2.61. The maximum absolute atomic E-state index is 12.8. The quantitative estimate of drug-likeness (QED) is 0.477. The van der Waals surface area contributed by atoms with Gasteiger partial charge in [0.2, 0.25) is 5.91 Å². The Bertz CT molecular complexity index is 860. The molecule has 0 heterocycles. The molecule has 0 bridgehead atoms. The normalized spacial score (nSPS) is 10.5. The van der Waals surface area contributed by atoms with Crippen molar-refractivity contribution in [3.8, 4) is 17.2 Å². The molecule has 0 spiro atoms. The van der Waals surface area contributed by atoms with Crippen molar-refractivity contribution in [3.63, 3.8) is 0 Å². The molecular weight excluding hydrogens is 374 g/mol. The Kier molecular flexibility index (Phi) is 8.09. The van der Waals surface area contributed by atoms with Crippen molar-refractivity contribution in [1.29, 1.82) is 0 Å². The van der Waals surface area contributed by atoms with Gasteiger partial charge in [0.15, 0.2) is 0 Å². The van der Waals surface area contributed by atoms with Gasteiger partial charge in [-0.3, -0.25) is 9.59 Å². The van der Waals surface area contributed by atoms with Crippen LogP contribution < -0.4 is 14.2 Å². The summed E-state index contributed by atoms with van der Waals surface area (Å²) in [5.74, 6) is 1.09. The van der Waals surface area contributed by atoms with Crippen LogP contribution in [0.15, 0.2) is 48.5 Å². The average molecular weight is 399 g/mol. The second-order valence-corrected chi connectivity index (χ2v) is 6.05. The van der Waals surface area contributed by atoms with Crippen LogP contribution in [-0.4, -0.2) is 51.8 Å². The van der Waals surface area contributed by atoms with E-state index < -0.39 is 5.97 Å². The number of esters is 1. The van der Waals surface area contributed by atoms with Crippen LogP contribution >= 0.6 is 0 Å². The van der Waals surface area contributed by atoms with E-state index in [1.165, 1.54) is 25.2 Å². The first-order chi connectivity index (χ1) is 14.0. The lowest BCUT2D eigenvalue weighted by molar-refractivity contribution is -0.145. The first-order valence-corrected chi connectivity index (χ1v) is 8.89. The first kappa shape index (κ1) is 21.8. The Morgan fingerprint density at radius 3 is 2.14 bits per heavy atom. The highest BCUT2D eigenvalue weighted by atomic mass is 16.5. The number of amides is 1. The van der Waals surface area contributed by atoms with E-state index in [0.717, 1.165) is 16.9 Å². The molecule has 0 unspecified atom stereocenters. The molecule has 2 aromatic carbocycles. The molecule has 0 aliphatic heterocycles. The van der Waals surface area contributed by atoms with Crippen LogP contribution in [0.5, 0.6) is 17.2 Å². The van der Waals surface area contributed by atoms with Gasteiger partial charge < -0.3 is 23.8 Å². The van der Waals surface area contributed by atoms with E-state index in [-0.39, 0.29) is 19.0 Å². The zero-order valence-electron chi connectivity index (χ0n) is 17.0. The SMILES string of the molecule is COC(=O)CN(Cc1ccc(OC)cc1OC)C(=O)/C=C\c1ccc(OC)cc1. The van der Waals surface area contributed by atoms with E-state index in [1.54, 1.807) is 50.6 Å². The lowest BCUT2D eigenvalue weighted by Gasteiger charge is -2.21. The molecule has 0 aliphatic carbocycles. The lowest BCUT2D eigenvalue weighted by Crippen LogP contribution is -2.34. The van der Waals surface area contributed by atoms with Crippen LogP contribution in [0.25, 0.3) is 6.08 Å². The summed E-state index contributed by atoms with van der Waals surface area (Å²) >= 11 is 0. The summed E-state index contributed by atoms with van der Waals surface area (Å²) in [4.78, 5) is 26.0. The van der Waals surface area contributed by atoms with E-state index in [4.69, 9.17) is 18.9 Å². The second kappa shape index (κ2) is 10.8. The Balaban J connectivity index is 2.21. The summed E-state index contributed by atoms with van der Waals surface area (Å²) in [5, 5.41) is 0. The molecule has 7 nitrogen and oxygen atoms in total. The molecule has 0 radical (unpaired) electrons. The maximum atomic E-state index is 12.8. The largest absolute Gasteiger partial charge is 0.497 e. The van der Waals surface area contributed by atoms with Crippen molar-refractivity contribution >= 4 is 18.0 Å². The highest BCUT2D eigenvalue weighted by Gasteiger charge is 2.18. The summed E-state index contributed by atoms with van der Waals surface area (Å²) < 4.78 is 20.4. The molecule has 29 heavy (non-hydrogen) atoms. The van der Waals surface area contributed by atoms with E-state index in [0.29, 0.717) is 11.5 Å². The van der Waals surface area contributed by atoms with Gasteiger partial charge in [-0.05, 0) is 35.9 Å². The molecule has 154 valence electrons. The fourth-order valence-corrected chi connectivity index (χ4v) is 2.61. The van der Waals surface area contributed by atoms with E-state index in [1.807, 2.05) is 12.1 Å². The standard InChI is InChI=1S/C22H25NO6/c1-26-18-9-5-16(6-10-18)7-12-21(24)23(15-22(25)29-4)14-17-8-11-19(27-2)13-20(17)28-3/h5-13H,14-15H2,1-4H3/b12-7-. The number of carbonyl (C=O) groups is 2. The highest BCUT2D eigenvalue weighted by molar-refractivity contribution is 5.93. The predicted molar refractivity (Wildman–Crippen MR) is 109 cm³/mol. The predicted octanol–water partition coefficient (Wildman–Crippen LogP) is 2.93. The van der Waals surface area contributed by atoms with Crippen LogP contribution in [0.3, 0.4) is 0 Å². The molecule has 2 rings (SSSR count). The molecule has 0 aromatic heterocycles. The van der Waals surface area contributed by atoms with Crippen molar-refractivity contribution in [1.82, 2.24) is 4.90 Å². The summed E-state index contributed by atoms with van der Waals surface area (Å²) in [7, 11) is 5.97. The van der Waals surface area contributed by atoms with E-state index >= 15 is 0 Å². The summed E-state index contributed by atoms with van der Waals surface area (Å²) in [5.41, 5.74) is 1.57. The third kappa shape index (κ3) is 6.27. The van der Waals surface area contributed by atoms with Crippen LogP contribution in [-0.2, 0) is 20.9 Å². The van der Waals surface area contributed by atoms with Gasteiger partial charge in [-0.1, -0.05) is 12.1 Å². The topological polar surface area (TPSA) is 74.3 Å². The number of benzene rings is 2. The molecule has 0 atom stereocenters. The monoisotopic (exact) mass is 399 g/mol. The molecule has 1 amide bonds. The minimum absolute atomic E-state index is 0.175. The average Bonchev–Trinajstić information content (AvgIpc) is 2.77. The number of nitrogens with zero attached hydrogens (tertiary/aromatic N) is 1. The van der Waals surface area contributed by atoms with Gasteiger partial charge in [0.1, 0.15) is 23.8 Å². The van der Waals surface area contributed by atoms with Gasteiger partial charge in [-0.2, -0.15) is 0 Å². The molecule has 0 saturated heterocycles. The van der Waals surface area contributed by atoms with Gasteiger partial charge in [0, 0.05) is 17.7 Å². The molecule has 0 N–H and O–H groups in total. The number of ether oxygens (including phenoxy) is 4. The van der Waals surface area contributed by atoms with Crippen molar-refractivity contribution in [2.24, 2.45) is 0 Å². The van der Waals surface area contributed by atoms with Crippen molar-refractivity contribution in [2.75, 3.05) is 35.0 Å². The van der Waals surface area contributed by atoms with Gasteiger partial charge in [-0.25, -0.2) is 0 Å². The number of rotatable bonds is 9. The smallest absolute Gasteiger partial charge is 0.325 e. The molecular formula is C22H25NO6. The maximum Gasteiger partial charge on any atom is 0.325 e. The minimum Gasteiger partial charge on any atom is -0.497 e. The van der Waals surface area contributed by atoms with Gasteiger partial charge in [0.25, 0.3) is 0 Å². The van der Waals surface area contributed by atoms with Crippen LogP contribution in [0.1, 0.15) is 11.1 Å². The van der Waals surface area contributed by atoms with Crippen LogP contribution in [0.2, 0.25) is 0 Å². The zero-order chi connectivity index (χ0) is 21.2. The van der Waals surface area contributed by atoms with Crippen LogP contribution in [0.4, 0.5) is 0 Å². The third-order valence-corrected chi connectivity index (χ3v) is 4.25. The molecule has 7 heteroatoms. The molecule has 0 saturated carbocycles. The Morgan fingerprint density at radius 1 is 0.897 bits per heavy atom. The lowest BCUT2D eigenvalue weighted by atomic mass is 10.1. The minimum atomic E-state index is -0.510. The Morgan fingerprint density at radius 2 is 1.55 bits per heavy atom.